The van der Waals surface area contributed by atoms with Crippen LogP contribution in [0.5, 0.6) is 5.75 Å². The number of halogens is 1. The summed E-state index contributed by atoms with van der Waals surface area (Å²) in [6, 6.07) is 28.8. The van der Waals surface area contributed by atoms with E-state index in [2.05, 4.69) is 36.9 Å². The van der Waals surface area contributed by atoms with Crippen molar-refractivity contribution >= 4 is 83.9 Å². The Labute approximate surface area is 264 Å². The van der Waals surface area contributed by atoms with E-state index < -0.39 is 11.8 Å². The third kappa shape index (κ3) is 8.31. The van der Waals surface area contributed by atoms with Crippen LogP contribution in [0.3, 0.4) is 0 Å². The number of rotatable bonds is 10. The predicted molar refractivity (Wildman–Crippen MR) is 177 cm³/mol. The SMILES string of the molecule is COc1ccc2nc(NC(=O)CSc3ccc(NC(=O)/C(=C/c4cccc(Br)c4)NC(=O)c4ccccc4)cc3)sc2c1. The average Bonchev–Trinajstić information content (AvgIpc) is 3.42. The highest BCUT2D eigenvalue weighted by Gasteiger charge is 2.16. The first-order valence-corrected chi connectivity index (χ1v) is 15.6. The number of hydrogen-bond donors (Lipinski definition) is 3. The number of carbonyl (C=O) groups is 3. The van der Waals surface area contributed by atoms with Crippen molar-refractivity contribution in [1.82, 2.24) is 10.3 Å². The number of ether oxygens (including phenoxy) is 1. The lowest BCUT2D eigenvalue weighted by Gasteiger charge is -2.12. The van der Waals surface area contributed by atoms with E-state index in [1.165, 1.54) is 23.1 Å². The minimum Gasteiger partial charge on any atom is -0.497 e. The maximum atomic E-state index is 13.3. The van der Waals surface area contributed by atoms with Gasteiger partial charge in [0, 0.05) is 20.6 Å². The van der Waals surface area contributed by atoms with Gasteiger partial charge in [-0.05, 0) is 78.4 Å². The summed E-state index contributed by atoms with van der Waals surface area (Å²) in [4.78, 5) is 44.0. The van der Waals surface area contributed by atoms with Crippen molar-refractivity contribution in [3.05, 3.63) is 118 Å². The van der Waals surface area contributed by atoms with Gasteiger partial charge >= 0.3 is 0 Å². The molecule has 0 saturated heterocycles. The van der Waals surface area contributed by atoms with E-state index in [0.29, 0.717) is 16.4 Å². The number of fused-ring (bicyclic) bond motifs is 1. The number of nitrogens with one attached hydrogen (secondary N) is 3. The van der Waals surface area contributed by atoms with E-state index >= 15 is 0 Å². The Kier molecular flexibility index (Phi) is 9.88. The lowest BCUT2D eigenvalue weighted by Crippen LogP contribution is -2.30. The van der Waals surface area contributed by atoms with Gasteiger partial charge in [-0.25, -0.2) is 4.98 Å². The molecular formula is C32H25BrN4O4S2. The molecular weight excluding hydrogens is 648 g/mol. The van der Waals surface area contributed by atoms with E-state index in [-0.39, 0.29) is 17.4 Å². The fourth-order valence-electron chi connectivity index (χ4n) is 3.93. The number of aromatic nitrogens is 1. The molecule has 3 amide bonds. The Hall–Kier alpha value is -4.45. The van der Waals surface area contributed by atoms with Gasteiger partial charge < -0.3 is 20.7 Å². The molecule has 1 aromatic heterocycles. The normalized spacial score (nSPS) is 11.2. The third-order valence-electron chi connectivity index (χ3n) is 6.01. The van der Waals surface area contributed by atoms with E-state index in [9.17, 15) is 14.4 Å². The minimum atomic E-state index is -0.475. The highest BCUT2D eigenvalue weighted by atomic mass is 79.9. The summed E-state index contributed by atoms with van der Waals surface area (Å²) in [6.07, 6.45) is 1.62. The van der Waals surface area contributed by atoms with Crippen LogP contribution >= 0.6 is 39.0 Å². The molecule has 0 spiro atoms. The van der Waals surface area contributed by atoms with Gasteiger partial charge in [0.25, 0.3) is 11.8 Å². The summed E-state index contributed by atoms with van der Waals surface area (Å²) >= 11 is 6.18. The number of thioether (sulfide) groups is 1. The van der Waals surface area contributed by atoms with Gasteiger partial charge in [0.05, 0.1) is 23.1 Å². The summed E-state index contributed by atoms with van der Waals surface area (Å²) in [6.45, 7) is 0. The van der Waals surface area contributed by atoms with Gasteiger partial charge in [-0.3, -0.25) is 14.4 Å². The quantitative estimate of drug-likeness (QED) is 0.107. The van der Waals surface area contributed by atoms with Crippen LogP contribution in [-0.2, 0) is 9.59 Å². The van der Waals surface area contributed by atoms with Crippen molar-refractivity contribution < 1.29 is 19.1 Å². The molecule has 0 unspecified atom stereocenters. The highest BCUT2D eigenvalue weighted by molar-refractivity contribution is 9.10. The van der Waals surface area contributed by atoms with E-state index in [1.54, 1.807) is 49.6 Å². The zero-order valence-electron chi connectivity index (χ0n) is 22.8. The molecule has 5 aromatic rings. The Balaban J connectivity index is 1.20. The molecule has 0 fully saturated rings. The number of amides is 3. The van der Waals surface area contributed by atoms with Crippen molar-refractivity contribution in [1.29, 1.82) is 0 Å². The number of nitrogens with zero attached hydrogens (tertiary/aromatic N) is 1. The molecule has 0 bridgehead atoms. The fraction of sp³-hybridized carbons (Fsp3) is 0.0625. The van der Waals surface area contributed by atoms with Crippen molar-refractivity contribution in [2.45, 2.75) is 4.90 Å². The lowest BCUT2D eigenvalue weighted by molar-refractivity contribution is -0.114. The first kappa shape index (κ1) is 30.0. The monoisotopic (exact) mass is 672 g/mol. The van der Waals surface area contributed by atoms with Crippen LogP contribution in [0.1, 0.15) is 15.9 Å². The molecule has 0 atom stereocenters. The first-order valence-electron chi connectivity index (χ1n) is 13.0. The van der Waals surface area contributed by atoms with Gasteiger partial charge in [0.1, 0.15) is 11.4 Å². The predicted octanol–water partition coefficient (Wildman–Crippen LogP) is 7.21. The van der Waals surface area contributed by atoms with Gasteiger partial charge in [0.2, 0.25) is 5.91 Å². The van der Waals surface area contributed by atoms with E-state index in [0.717, 1.165) is 30.9 Å². The van der Waals surface area contributed by atoms with E-state index in [4.69, 9.17) is 4.74 Å². The van der Waals surface area contributed by atoms with Crippen molar-refractivity contribution in [3.8, 4) is 5.75 Å². The number of carbonyl (C=O) groups excluding carboxylic acids is 3. The zero-order chi connectivity index (χ0) is 30.2. The smallest absolute Gasteiger partial charge is 0.272 e. The molecule has 4 aromatic carbocycles. The van der Waals surface area contributed by atoms with Crippen LogP contribution in [0.25, 0.3) is 16.3 Å². The summed E-state index contributed by atoms with van der Waals surface area (Å²) in [5.41, 5.74) is 2.60. The summed E-state index contributed by atoms with van der Waals surface area (Å²) in [7, 11) is 1.61. The van der Waals surface area contributed by atoms with Crippen molar-refractivity contribution in [2.75, 3.05) is 23.5 Å². The highest BCUT2D eigenvalue weighted by Crippen LogP contribution is 2.29. The average molecular weight is 674 g/mol. The van der Waals surface area contributed by atoms with Crippen LogP contribution in [0.2, 0.25) is 0 Å². The third-order valence-corrected chi connectivity index (χ3v) is 8.45. The summed E-state index contributed by atoms with van der Waals surface area (Å²) in [5, 5.41) is 8.95. The minimum absolute atomic E-state index is 0.0929. The Morgan fingerprint density at radius 2 is 1.72 bits per heavy atom. The van der Waals surface area contributed by atoms with Gasteiger partial charge in [0.15, 0.2) is 5.13 Å². The molecule has 43 heavy (non-hydrogen) atoms. The first-order chi connectivity index (χ1) is 20.9. The maximum Gasteiger partial charge on any atom is 0.272 e. The Morgan fingerprint density at radius 3 is 2.47 bits per heavy atom. The number of anilines is 2. The molecule has 5 rings (SSSR count). The molecule has 0 aliphatic heterocycles. The van der Waals surface area contributed by atoms with Crippen molar-refractivity contribution in [3.63, 3.8) is 0 Å². The molecule has 3 N–H and O–H groups in total. The largest absolute Gasteiger partial charge is 0.497 e. The summed E-state index contributed by atoms with van der Waals surface area (Å²) in [5.74, 6) is -0.122. The molecule has 0 radical (unpaired) electrons. The number of hydrogen-bond acceptors (Lipinski definition) is 7. The van der Waals surface area contributed by atoms with Crippen molar-refractivity contribution in [2.24, 2.45) is 0 Å². The number of benzene rings is 4. The topological polar surface area (TPSA) is 109 Å². The van der Waals surface area contributed by atoms with Gasteiger partial charge in [-0.1, -0.05) is 57.6 Å². The van der Waals surface area contributed by atoms with E-state index in [1.807, 2.05) is 60.7 Å². The van der Waals surface area contributed by atoms with Crippen LogP contribution in [0.15, 0.2) is 112 Å². The number of thiazole rings is 1. The van der Waals surface area contributed by atoms with Crippen LogP contribution in [-0.4, -0.2) is 35.6 Å². The Bertz CT molecular complexity index is 1810. The van der Waals surface area contributed by atoms with Gasteiger partial charge in [-0.2, -0.15) is 0 Å². The standard InChI is InChI=1S/C32H25BrN4O4S2/c1-41-24-12-15-26-28(18-24)43-32(36-26)37-29(38)19-42-25-13-10-23(11-14-25)34-31(40)27(17-20-6-5-9-22(33)16-20)35-30(39)21-7-3-2-4-8-21/h2-18H,19H2,1H3,(H,34,40)(H,35,39)(H,36,37,38)/b27-17-. The molecule has 0 aliphatic rings. The van der Waals surface area contributed by atoms with Gasteiger partial charge in [-0.15, -0.1) is 11.8 Å². The second-order valence-corrected chi connectivity index (χ2v) is 12.1. The molecule has 11 heteroatoms. The second-order valence-electron chi connectivity index (χ2n) is 9.10. The zero-order valence-corrected chi connectivity index (χ0v) is 26.0. The summed E-state index contributed by atoms with van der Waals surface area (Å²) < 4.78 is 7.02. The van der Waals surface area contributed by atoms with Crippen LogP contribution < -0.4 is 20.7 Å². The van der Waals surface area contributed by atoms with Crippen LogP contribution in [0.4, 0.5) is 10.8 Å². The second kappa shape index (κ2) is 14.1. The van der Waals surface area contributed by atoms with Crippen LogP contribution in [0, 0.1) is 0 Å². The fourth-order valence-corrected chi connectivity index (χ4v) is 5.95. The maximum absolute atomic E-state index is 13.3. The number of methoxy groups -OCH3 is 1. The molecule has 8 nitrogen and oxygen atoms in total. The molecule has 1 heterocycles. The molecule has 0 saturated carbocycles. The molecule has 0 aliphatic carbocycles. The molecule has 216 valence electrons. The lowest BCUT2D eigenvalue weighted by atomic mass is 10.1. The Morgan fingerprint density at radius 1 is 0.930 bits per heavy atom.